The van der Waals surface area contributed by atoms with Gasteiger partial charge in [-0.15, -0.1) is 0 Å². The van der Waals surface area contributed by atoms with Gasteiger partial charge in [-0.2, -0.15) is 9.30 Å². The molecule has 1 aromatic heterocycles. The van der Waals surface area contributed by atoms with Crippen LogP contribution in [0.1, 0.15) is 24.2 Å². The third-order valence-corrected chi connectivity index (χ3v) is 7.94. The van der Waals surface area contributed by atoms with Crippen molar-refractivity contribution in [2.45, 2.75) is 25.3 Å². The van der Waals surface area contributed by atoms with Crippen LogP contribution in [0.4, 0.5) is 8.78 Å². The van der Waals surface area contributed by atoms with Crippen LogP contribution in [0.5, 0.6) is 0 Å². The summed E-state index contributed by atoms with van der Waals surface area (Å²) in [6, 6.07) is 7.00. The summed E-state index contributed by atoms with van der Waals surface area (Å²) in [5.74, 6) is -3.18. The summed E-state index contributed by atoms with van der Waals surface area (Å²) in [5.41, 5.74) is 0.00115. The molecule has 0 unspecified atom stereocenters. The number of hydrogen-bond donors (Lipinski definition) is 0. The molecule has 0 N–H and O–H groups in total. The van der Waals surface area contributed by atoms with Gasteiger partial charge in [0.25, 0.3) is 5.91 Å². The molecule has 0 radical (unpaired) electrons. The monoisotopic (exact) mass is 497 g/mol. The molecule has 176 valence electrons. The minimum absolute atomic E-state index is 0.0305. The summed E-state index contributed by atoms with van der Waals surface area (Å²) in [4.78, 5) is 28.5. The molecule has 0 atom stereocenters. The minimum Gasteiger partial charge on any atom is -0.468 e. The first kappa shape index (κ1) is 24.7. The molecule has 1 amide bonds. The van der Waals surface area contributed by atoms with Gasteiger partial charge >= 0.3 is 5.97 Å². The normalized spacial score (nSPS) is 12.5. The summed E-state index contributed by atoms with van der Waals surface area (Å²) in [7, 11) is -2.54. The second-order valence-corrected chi connectivity index (χ2v) is 9.76. The second-order valence-electron chi connectivity index (χ2n) is 6.81. The maximum atomic E-state index is 14.4. The van der Waals surface area contributed by atoms with E-state index in [2.05, 4.69) is 9.73 Å². The van der Waals surface area contributed by atoms with E-state index >= 15 is 0 Å². The van der Waals surface area contributed by atoms with Gasteiger partial charge in [-0.1, -0.05) is 25.2 Å². The number of carbonyl (C=O) groups excluding carboxylic acids is 2. The van der Waals surface area contributed by atoms with Crippen LogP contribution in [0, 0.1) is 11.6 Å². The standard InChI is InChI=1S/C21H21F2N3O5S2/c1-4-25(5-2)33(29,30)15-8-6-13(7-9-15)20(28)24-21-26(12-18(27)31-3)19-16(23)10-14(22)11-17(19)32-21/h6-11H,4-5,12H2,1-3H3. The number of sulfonamides is 1. The molecule has 0 saturated heterocycles. The quantitative estimate of drug-likeness (QED) is 0.468. The van der Waals surface area contributed by atoms with Crippen molar-refractivity contribution in [2.75, 3.05) is 20.2 Å². The van der Waals surface area contributed by atoms with Crippen molar-refractivity contribution < 1.29 is 31.5 Å². The summed E-state index contributed by atoms with van der Waals surface area (Å²) in [5, 5.41) is 0. The first-order valence-corrected chi connectivity index (χ1v) is 12.1. The number of aromatic nitrogens is 1. The van der Waals surface area contributed by atoms with Crippen molar-refractivity contribution in [1.29, 1.82) is 0 Å². The van der Waals surface area contributed by atoms with Gasteiger partial charge in [0.05, 0.1) is 22.2 Å². The number of methoxy groups -OCH3 is 1. The highest BCUT2D eigenvalue weighted by atomic mass is 32.2. The molecule has 0 fully saturated rings. The van der Waals surface area contributed by atoms with Gasteiger partial charge in [0, 0.05) is 24.7 Å². The smallest absolute Gasteiger partial charge is 0.325 e. The summed E-state index contributed by atoms with van der Waals surface area (Å²) >= 11 is 0.830. The van der Waals surface area contributed by atoms with Crippen LogP contribution >= 0.6 is 11.3 Å². The molecule has 2 aromatic carbocycles. The van der Waals surface area contributed by atoms with E-state index in [-0.39, 0.29) is 25.5 Å². The van der Waals surface area contributed by atoms with Gasteiger partial charge < -0.3 is 9.30 Å². The predicted octanol–water partition coefficient (Wildman–Crippen LogP) is 2.93. The molecule has 8 nitrogen and oxygen atoms in total. The summed E-state index contributed by atoms with van der Waals surface area (Å²) in [6.45, 7) is 3.62. The van der Waals surface area contributed by atoms with Crippen LogP contribution in [0.2, 0.25) is 0 Å². The zero-order chi connectivity index (χ0) is 24.3. The fourth-order valence-electron chi connectivity index (χ4n) is 3.19. The highest BCUT2D eigenvalue weighted by Gasteiger charge is 2.22. The molecular formula is C21H21F2N3O5S2. The van der Waals surface area contributed by atoms with E-state index in [1.54, 1.807) is 13.8 Å². The van der Waals surface area contributed by atoms with Crippen LogP contribution < -0.4 is 4.80 Å². The number of carbonyl (C=O) groups is 2. The molecule has 1 heterocycles. The lowest BCUT2D eigenvalue weighted by molar-refractivity contribution is -0.141. The highest BCUT2D eigenvalue weighted by Crippen LogP contribution is 2.23. The van der Waals surface area contributed by atoms with E-state index in [4.69, 9.17) is 0 Å². The number of halogens is 2. The van der Waals surface area contributed by atoms with Gasteiger partial charge in [0.2, 0.25) is 10.0 Å². The van der Waals surface area contributed by atoms with Crippen molar-refractivity contribution in [2.24, 2.45) is 4.99 Å². The van der Waals surface area contributed by atoms with Crippen molar-refractivity contribution in [1.82, 2.24) is 8.87 Å². The Kier molecular flexibility index (Phi) is 7.40. The number of amides is 1. The molecule has 0 aliphatic heterocycles. The van der Waals surface area contributed by atoms with E-state index in [0.717, 1.165) is 29.1 Å². The average Bonchev–Trinajstić information content (AvgIpc) is 3.10. The van der Waals surface area contributed by atoms with E-state index in [1.165, 1.54) is 28.6 Å². The Balaban J connectivity index is 2.05. The van der Waals surface area contributed by atoms with E-state index in [9.17, 15) is 26.8 Å². The molecule has 3 rings (SSSR count). The Hall–Kier alpha value is -2.96. The Morgan fingerprint density at radius 2 is 1.76 bits per heavy atom. The molecule has 0 saturated carbocycles. The van der Waals surface area contributed by atoms with Crippen LogP contribution in [0.3, 0.4) is 0 Å². The minimum atomic E-state index is -3.69. The van der Waals surface area contributed by atoms with E-state index in [0.29, 0.717) is 19.2 Å². The van der Waals surface area contributed by atoms with Crippen LogP contribution in [-0.4, -0.2) is 49.4 Å². The first-order valence-electron chi connectivity index (χ1n) is 9.86. The molecule has 33 heavy (non-hydrogen) atoms. The number of hydrogen-bond acceptors (Lipinski definition) is 6. The largest absolute Gasteiger partial charge is 0.468 e. The van der Waals surface area contributed by atoms with Crippen molar-refractivity contribution in [3.8, 4) is 0 Å². The molecular weight excluding hydrogens is 476 g/mol. The Morgan fingerprint density at radius 1 is 1.12 bits per heavy atom. The Labute approximate surface area is 192 Å². The fourth-order valence-corrected chi connectivity index (χ4v) is 5.71. The van der Waals surface area contributed by atoms with Gasteiger partial charge in [-0.25, -0.2) is 17.2 Å². The van der Waals surface area contributed by atoms with Gasteiger partial charge in [-0.05, 0) is 30.3 Å². The topological polar surface area (TPSA) is 98.0 Å². The van der Waals surface area contributed by atoms with Crippen LogP contribution in [-0.2, 0) is 26.1 Å². The number of nitrogens with zero attached hydrogens (tertiary/aromatic N) is 3. The molecule has 0 spiro atoms. The van der Waals surface area contributed by atoms with Crippen molar-refractivity contribution in [3.63, 3.8) is 0 Å². The zero-order valence-electron chi connectivity index (χ0n) is 18.0. The number of fused-ring (bicyclic) bond motifs is 1. The van der Waals surface area contributed by atoms with Crippen molar-refractivity contribution in [3.05, 3.63) is 58.4 Å². The third kappa shape index (κ3) is 5.02. The number of rotatable bonds is 7. The number of ether oxygens (including phenoxy) is 1. The molecule has 3 aromatic rings. The summed E-state index contributed by atoms with van der Waals surface area (Å²) in [6.07, 6.45) is 0. The molecule has 0 aliphatic rings. The summed E-state index contributed by atoms with van der Waals surface area (Å²) < 4.78 is 60.5. The van der Waals surface area contributed by atoms with Crippen LogP contribution in [0.15, 0.2) is 46.3 Å². The maximum absolute atomic E-state index is 14.4. The molecule has 0 aliphatic carbocycles. The SMILES string of the molecule is CCN(CC)S(=O)(=O)c1ccc(C(=O)N=c2sc3cc(F)cc(F)c3n2CC(=O)OC)cc1. The molecule has 12 heteroatoms. The number of thiazole rings is 1. The highest BCUT2D eigenvalue weighted by molar-refractivity contribution is 7.89. The Bertz CT molecular complexity index is 1380. The average molecular weight is 498 g/mol. The lowest BCUT2D eigenvalue weighted by Crippen LogP contribution is -2.30. The van der Waals surface area contributed by atoms with E-state index in [1.807, 2.05) is 0 Å². The van der Waals surface area contributed by atoms with Crippen molar-refractivity contribution >= 4 is 43.5 Å². The zero-order valence-corrected chi connectivity index (χ0v) is 19.7. The third-order valence-electron chi connectivity index (χ3n) is 4.85. The predicted molar refractivity (Wildman–Crippen MR) is 118 cm³/mol. The maximum Gasteiger partial charge on any atom is 0.325 e. The number of esters is 1. The fraction of sp³-hybridized carbons (Fsp3) is 0.286. The Morgan fingerprint density at radius 3 is 2.33 bits per heavy atom. The number of benzene rings is 2. The lowest BCUT2D eigenvalue weighted by atomic mass is 10.2. The van der Waals surface area contributed by atoms with Gasteiger partial charge in [0.1, 0.15) is 12.4 Å². The van der Waals surface area contributed by atoms with E-state index < -0.39 is 40.1 Å². The first-order chi connectivity index (χ1) is 15.6. The second kappa shape index (κ2) is 9.89. The lowest BCUT2D eigenvalue weighted by Gasteiger charge is -2.18. The van der Waals surface area contributed by atoms with Gasteiger partial charge in [0.15, 0.2) is 10.6 Å². The van der Waals surface area contributed by atoms with Gasteiger partial charge in [-0.3, -0.25) is 9.59 Å². The molecule has 0 bridgehead atoms. The van der Waals surface area contributed by atoms with Crippen LogP contribution in [0.25, 0.3) is 10.2 Å².